The van der Waals surface area contributed by atoms with E-state index in [0.717, 1.165) is 29.4 Å². The maximum absolute atomic E-state index is 13.3. The van der Waals surface area contributed by atoms with Crippen LogP contribution in [0.15, 0.2) is 72.8 Å². The Morgan fingerprint density at radius 1 is 1.00 bits per heavy atom. The number of hydrogen-bond donors (Lipinski definition) is 2. The Morgan fingerprint density at radius 3 is 2.38 bits per heavy atom. The lowest BCUT2D eigenvalue weighted by Crippen LogP contribution is -2.39. The Morgan fingerprint density at radius 2 is 1.68 bits per heavy atom. The fourth-order valence-corrected chi connectivity index (χ4v) is 5.93. The van der Waals surface area contributed by atoms with E-state index in [1.165, 1.54) is 11.1 Å². The first-order valence-electron chi connectivity index (χ1n) is 13.6. The quantitative estimate of drug-likeness (QED) is 0.287. The summed E-state index contributed by atoms with van der Waals surface area (Å²) in [5.74, 6) is -0.324. The van der Waals surface area contributed by atoms with Crippen molar-refractivity contribution in [2.45, 2.75) is 37.8 Å². The summed E-state index contributed by atoms with van der Waals surface area (Å²) in [5.41, 5.74) is 5.43. The minimum Gasteiger partial charge on any atom is -0.449 e. The van der Waals surface area contributed by atoms with Gasteiger partial charge < -0.3 is 20.1 Å². The summed E-state index contributed by atoms with van der Waals surface area (Å²) in [6.07, 6.45) is 0.948. The van der Waals surface area contributed by atoms with Gasteiger partial charge in [0.05, 0.1) is 16.8 Å². The van der Waals surface area contributed by atoms with Gasteiger partial charge in [0, 0.05) is 30.6 Å². The van der Waals surface area contributed by atoms with Crippen LogP contribution in [0.4, 0.5) is 4.79 Å². The van der Waals surface area contributed by atoms with Gasteiger partial charge in [-0.2, -0.15) is 0 Å². The molecule has 6 rings (SSSR count). The predicted molar refractivity (Wildman–Crippen MR) is 155 cm³/mol. The van der Waals surface area contributed by atoms with Crippen LogP contribution in [0.2, 0.25) is 5.02 Å². The molecule has 1 fully saturated rings. The first kappa shape index (κ1) is 26.3. The van der Waals surface area contributed by atoms with Crippen molar-refractivity contribution in [2.24, 2.45) is 0 Å². The molecule has 0 radical (unpaired) electrons. The third kappa shape index (κ3) is 5.15. The third-order valence-electron chi connectivity index (χ3n) is 7.72. The van der Waals surface area contributed by atoms with Crippen molar-refractivity contribution in [3.63, 3.8) is 0 Å². The van der Waals surface area contributed by atoms with Crippen LogP contribution in [-0.4, -0.2) is 42.8 Å². The fourth-order valence-electron chi connectivity index (χ4n) is 5.66. The smallest absolute Gasteiger partial charge is 0.407 e. The molecule has 2 aliphatic rings. The highest BCUT2D eigenvalue weighted by Crippen LogP contribution is 2.44. The average Bonchev–Trinajstić information content (AvgIpc) is 3.29. The zero-order valence-corrected chi connectivity index (χ0v) is 22.9. The van der Waals surface area contributed by atoms with Crippen LogP contribution in [0.5, 0.6) is 0 Å². The molecule has 2 N–H and O–H groups in total. The molecule has 1 aromatic heterocycles. The van der Waals surface area contributed by atoms with E-state index in [1.807, 2.05) is 49.4 Å². The van der Waals surface area contributed by atoms with Crippen LogP contribution in [0.25, 0.3) is 21.9 Å². The Bertz CT molecular complexity index is 1540. The van der Waals surface area contributed by atoms with E-state index >= 15 is 0 Å². The number of ether oxygens (including phenoxy) is 2. The van der Waals surface area contributed by atoms with Crippen molar-refractivity contribution < 1.29 is 19.1 Å². The maximum Gasteiger partial charge on any atom is 0.407 e. The molecule has 1 atom stereocenters. The van der Waals surface area contributed by atoms with Gasteiger partial charge in [0.2, 0.25) is 0 Å². The molecule has 0 saturated carbocycles. The Kier molecular flexibility index (Phi) is 7.41. The van der Waals surface area contributed by atoms with E-state index in [2.05, 4.69) is 39.9 Å². The minimum atomic E-state index is -0.546. The van der Waals surface area contributed by atoms with Gasteiger partial charge in [-0.25, -0.2) is 9.78 Å². The van der Waals surface area contributed by atoms with Gasteiger partial charge in [-0.05, 0) is 59.5 Å². The number of nitrogens with one attached hydrogen (secondary N) is 2. The van der Waals surface area contributed by atoms with Gasteiger partial charge >= 0.3 is 6.09 Å². The molecule has 0 bridgehead atoms. The molecule has 1 unspecified atom stereocenters. The Hall–Kier alpha value is -3.94. The van der Waals surface area contributed by atoms with E-state index < -0.39 is 12.1 Å². The van der Waals surface area contributed by atoms with Gasteiger partial charge in [0.15, 0.2) is 0 Å². The summed E-state index contributed by atoms with van der Waals surface area (Å²) in [6, 6.07) is 23.3. The highest BCUT2D eigenvalue weighted by Gasteiger charge is 2.29. The Balaban J connectivity index is 1.19. The molecule has 204 valence electrons. The summed E-state index contributed by atoms with van der Waals surface area (Å²) in [4.78, 5) is 31.0. The second-order valence-electron chi connectivity index (χ2n) is 10.3. The lowest BCUT2D eigenvalue weighted by molar-refractivity contribution is 0.0695. The third-order valence-corrected chi connectivity index (χ3v) is 8.04. The molecule has 40 heavy (non-hydrogen) atoms. The van der Waals surface area contributed by atoms with Crippen LogP contribution in [0.1, 0.15) is 59.0 Å². The summed E-state index contributed by atoms with van der Waals surface area (Å²) >= 11 is 6.51. The van der Waals surface area contributed by atoms with Crippen molar-refractivity contribution in [3.8, 4) is 11.1 Å². The number of benzene rings is 3. The number of nitrogens with zero attached hydrogens (tertiary/aromatic N) is 1. The second-order valence-corrected chi connectivity index (χ2v) is 10.7. The van der Waals surface area contributed by atoms with Crippen LogP contribution >= 0.6 is 11.6 Å². The Labute approximate surface area is 237 Å². The van der Waals surface area contributed by atoms with E-state index in [9.17, 15) is 9.59 Å². The van der Waals surface area contributed by atoms with Gasteiger partial charge in [-0.15, -0.1) is 0 Å². The number of carbonyl (C=O) groups excluding carboxylic acids is 2. The number of carbonyl (C=O) groups is 2. The molecule has 2 amide bonds. The van der Waals surface area contributed by atoms with Gasteiger partial charge in [0.1, 0.15) is 12.3 Å². The summed E-state index contributed by atoms with van der Waals surface area (Å²) in [7, 11) is 0. The van der Waals surface area contributed by atoms with Gasteiger partial charge in [-0.1, -0.05) is 72.3 Å². The van der Waals surface area contributed by atoms with Crippen molar-refractivity contribution in [2.75, 3.05) is 19.8 Å². The molecule has 2 heterocycles. The van der Waals surface area contributed by atoms with Crippen molar-refractivity contribution in [1.82, 2.24) is 15.6 Å². The van der Waals surface area contributed by atoms with Gasteiger partial charge in [-0.3, -0.25) is 4.79 Å². The average molecular weight is 556 g/mol. The monoisotopic (exact) mass is 555 g/mol. The topological polar surface area (TPSA) is 89.5 Å². The number of alkyl carbamates (subject to hydrolysis) is 1. The molecular formula is C32H30ClN3O4. The number of rotatable bonds is 6. The molecule has 1 aliphatic carbocycles. The van der Waals surface area contributed by atoms with Gasteiger partial charge in [0.25, 0.3) is 5.91 Å². The van der Waals surface area contributed by atoms with E-state index in [4.69, 9.17) is 21.1 Å². The summed E-state index contributed by atoms with van der Waals surface area (Å²) < 4.78 is 11.1. The lowest BCUT2D eigenvalue weighted by Gasteiger charge is -2.23. The van der Waals surface area contributed by atoms with Crippen molar-refractivity contribution in [3.05, 3.63) is 100 Å². The predicted octanol–water partition coefficient (Wildman–Crippen LogP) is 6.40. The normalized spacial score (nSPS) is 15.8. The van der Waals surface area contributed by atoms with Crippen molar-refractivity contribution >= 4 is 34.4 Å². The second kappa shape index (κ2) is 11.3. The number of fused-ring (bicyclic) bond motifs is 4. The first-order chi connectivity index (χ1) is 19.5. The van der Waals surface area contributed by atoms with E-state index in [1.54, 1.807) is 6.07 Å². The zero-order valence-electron chi connectivity index (χ0n) is 22.2. The molecule has 7 nitrogen and oxygen atoms in total. The van der Waals surface area contributed by atoms with Crippen LogP contribution in [0.3, 0.4) is 0 Å². The first-order valence-corrected chi connectivity index (χ1v) is 14.0. The highest BCUT2D eigenvalue weighted by molar-refractivity contribution is 6.36. The number of aromatic nitrogens is 1. The number of amides is 2. The van der Waals surface area contributed by atoms with Crippen LogP contribution < -0.4 is 10.6 Å². The molecule has 3 aromatic carbocycles. The number of hydrogen-bond acceptors (Lipinski definition) is 5. The highest BCUT2D eigenvalue weighted by atomic mass is 35.5. The number of pyridine rings is 1. The fraction of sp³-hybridized carbons (Fsp3) is 0.281. The lowest BCUT2D eigenvalue weighted by atomic mass is 9.98. The maximum atomic E-state index is 13.3. The van der Waals surface area contributed by atoms with E-state index in [0.29, 0.717) is 29.3 Å². The molecular weight excluding hydrogens is 526 g/mol. The number of halogens is 1. The van der Waals surface area contributed by atoms with E-state index in [-0.39, 0.29) is 30.2 Å². The minimum absolute atomic E-state index is 0.0145. The SMILES string of the molecule is CC(NC(=O)OCC1c2ccccc2-c2ccccc21)c1cc2cccc(Cl)c2c(C(=O)NC2CCOCC2)n1. The molecule has 0 spiro atoms. The molecule has 8 heteroatoms. The zero-order chi connectivity index (χ0) is 27.6. The van der Waals surface area contributed by atoms with Crippen molar-refractivity contribution in [1.29, 1.82) is 0 Å². The van der Waals surface area contributed by atoms with Crippen LogP contribution in [0, 0.1) is 0 Å². The summed E-state index contributed by atoms with van der Waals surface area (Å²) in [6.45, 7) is 3.26. The standard InChI is InChI=1S/C32H30ClN3O4/c1-19(34-32(38)40-18-26-24-10-4-2-8-22(24)23-9-3-5-11-25(23)26)28-17-20-7-6-12-27(33)29(20)30(36-28)31(37)35-21-13-15-39-16-14-21/h2-12,17,19,21,26H,13-16,18H2,1H3,(H,34,38)(H,35,37). The molecule has 1 saturated heterocycles. The largest absolute Gasteiger partial charge is 0.449 e. The van der Waals surface area contributed by atoms with Crippen LogP contribution in [-0.2, 0) is 9.47 Å². The molecule has 1 aliphatic heterocycles. The summed E-state index contributed by atoms with van der Waals surface area (Å²) in [5, 5.41) is 7.78. The molecule has 4 aromatic rings.